The van der Waals surface area contributed by atoms with Crippen LogP contribution in [0.5, 0.6) is 0 Å². The topological polar surface area (TPSA) is 53.9 Å². The van der Waals surface area contributed by atoms with Gasteiger partial charge in [0.2, 0.25) is 11.9 Å². The molecule has 1 N–H and O–H groups in total. The van der Waals surface area contributed by atoms with E-state index < -0.39 is 0 Å². The molecule has 0 radical (unpaired) electrons. The van der Waals surface area contributed by atoms with Gasteiger partial charge in [-0.15, -0.1) is 0 Å². The Morgan fingerprint density at radius 1 is 1.06 bits per heavy atom. The molecular formula is C12H14ClN5. The third-order valence-corrected chi connectivity index (χ3v) is 2.60. The molecule has 1 heterocycles. The fourth-order valence-corrected chi connectivity index (χ4v) is 1.53. The highest BCUT2D eigenvalue weighted by Gasteiger charge is 2.08. The average molecular weight is 264 g/mol. The minimum absolute atomic E-state index is 0.540. The summed E-state index contributed by atoms with van der Waals surface area (Å²) in [7, 11) is 5.56. The van der Waals surface area contributed by atoms with E-state index in [9.17, 15) is 0 Å². The maximum atomic E-state index is 5.87. The maximum Gasteiger partial charge on any atom is 0.230 e. The summed E-state index contributed by atoms with van der Waals surface area (Å²) >= 11 is 5.87. The fourth-order valence-electron chi connectivity index (χ4n) is 1.40. The lowest BCUT2D eigenvalue weighted by Crippen LogP contribution is -2.15. The van der Waals surface area contributed by atoms with Crippen LogP contribution in [0.3, 0.4) is 0 Å². The van der Waals surface area contributed by atoms with Crippen LogP contribution >= 0.6 is 11.6 Å². The number of halogens is 1. The van der Waals surface area contributed by atoms with Gasteiger partial charge in [0, 0.05) is 31.7 Å². The van der Waals surface area contributed by atoms with Crippen LogP contribution in [0.1, 0.15) is 0 Å². The minimum atomic E-state index is 0.540. The van der Waals surface area contributed by atoms with Crippen LogP contribution in [0.15, 0.2) is 24.3 Å². The minimum Gasteiger partial charge on any atom is -0.357 e. The number of hydrogen-bond acceptors (Lipinski definition) is 5. The lowest BCUT2D eigenvalue weighted by molar-refractivity contribution is 0.963. The number of benzene rings is 1. The Morgan fingerprint density at radius 3 is 2.28 bits per heavy atom. The Labute approximate surface area is 111 Å². The smallest absolute Gasteiger partial charge is 0.230 e. The van der Waals surface area contributed by atoms with E-state index >= 15 is 0 Å². The molecule has 0 amide bonds. The van der Waals surface area contributed by atoms with Gasteiger partial charge in [-0.05, 0) is 24.3 Å². The molecule has 1 aromatic heterocycles. The third kappa shape index (κ3) is 2.68. The number of aromatic nitrogens is 3. The molecule has 1 aromatic carbocycles. The van der Waals surface area contributed by atoms with Crippen molar-refractivity contribution in [2.75, 3.05) is 31.4 Å². The third-order valence-electron chi connectivity index (χ3n) is 2.35. The Bertz CT molecular complexity index is 539. The van der Waals surface area contributed by atoms with E-state index in [4.69, 9.17) is 11.6 Å². The van der Waals surface area contributed by atoms with E-state index in [0.717, 1.165) is 5.56 Å². The molecule has 5 nitrogen and oxygen atoms in total. The molecular weight excluding hydrogens is 250 g/mol. The predicted octanol–water partition coefficient (Wildman–Crippen LogP) is 2.30. The van der Waals surface area contributed by atoms with Gasteiger partial charge in [-0.25, -0.2) is 0 Å². The summed E-state index contributed by atoms with van der Waals surface area (Å²) in [5.74, 6) is 1.77. The van der Waals surface area contributed by atoms with Crippen molar-refractivity contribution >= 4 is 23.5 Å². The van der Waals surface area contributed by atoms with Crippen molar-refractivity contribution < 1.29 is 0 Å². The van der Waals surface area contributed by atoms with Crippen LogP contribution in [0, 0.1) is 0 Å². The highest BCUT2D eigenvalue weighted by molar-refractivity contribution is 6.30. The zero-order valence-corrected chi connectivity index (χ0v) is 11.2. The zero-order chi connectivity index (χ0) is 13.1. The van der Waals surface area contributed by atoms with Gasteiger partial charge in [-0.2, -0.15) is 15.0 Å². The lowest BCUT2D eigenvalue weighted by Gasteiger charge is -2.12. The van der Waals surface area contributed by atoms with Crippen LogP contribution in [-0.2, 0) is 0 Å². The Hall–Kier alpha value is -1.88. The first-order valence-electron chi connectivity index (χ1n) is 5.47. The summed E-state index contributed by atoms with van der Waals surface area (Å²) in [5, 5.41) is 3.62. The second kappa shape index (κ2) is 5.18. The molecule has 0 bridgehead atoms. The Kier molecular flexibility index (Phi) is 3.62. The Morgan fingerprint density at radius 2 is 1.72 bits per heavy atom. The van der Waals surface area contributed by atoms with Gasteiger partial charge in [-0.1, -0.05) is 11.6 Å². The van der Waals surface area contributed by atoms with Crippen LogP contribution < -0.4 is 10.2 Å². The quantitative estimate of drug-likeness (QED) is 0.921. The molecule has 94 valence electrons. The van der Waals surface area contributed by atoms with E-state index in [1.54, 1.807) is 7.05 Å². The highest BCUT2D eigenvalue weighted by Crippen LogP contribution is 2.20. The molecule has 0 fully saturated rings. The molecule has 0 saturated carbocycles. The molecule has 0 aliphatic rings. The largest absolute Gasteiger partial charge is 0.357 e. The van der Waals surface area contributed by atoms with Crippen molar-refractivity contribution in [3.63, 3.8) is 0 Å². The average Bonchev–Trinajstić information content (AvgIpc) is 2.39. The first-order chi connectivity index (χ1) is 8.60. The van der Waals surface area contributed by atoms with Crippen LogP contribution in [-0.4, -0.2) is 36.1 Å². The van der Waals surface area contributed by atoms with E-state index in [0.29, 0.717) is 22.7 Å². The molecule has 0 saturated heterocycles. The Balaban J connectivity index is 2.49. The second-order valence-corrected chi connectivity index (χ2v) is 4.37. The number of hydrogen-bond donors (Lipinski definition) is 1. The summed E-state index contributed by atoms with van der Waals surface area (Å²) in [6.45, 7) is 0. The molecule has 2 aromatic rings. The normalized spacial score (nSPS) is 10.2. The first-order valence-corrected chi connectivity index (χ1v) is 5.85. The highest BCUT2D eigenvalue weighted by atomic mass is 35.5. The molecule has 0 atom stereocenters. The lowest BCUT2D eigenvalue weighted by atomic mass is 10.2. The molecule has 18 heavy (non-hydrogen) atoms. The van der Waals surface area contributed by atoms with Gasteiger partial charge < -0.3 is 10.2 Å². The summed E-state index contributed by atoms with van der Waals surface area (Å²) in [6, 6.07) is 7.40. The fraction of sp³-hybridized carbons (Fsp3) is 0.250. The van der Waals surface area contributed by atoms with Crippen molar-refractivity contribution in [1.29, 1.82) is 0 Å². The predicted molar refractivity (Wildman–Crippen MR) is 74.1 cm³/mol. The molecule has 0 aliphatic carbocycles. The number of anilines is 2. The van der Waals surface area contributed by atoms with Crippen molar-refractivity contribution in [2.45, 2.75) is 0 Å². The summed E-state index contributed by atoms with van der Waals surface area (Å²) in [4.78, 5) is 14.8. The van der Waals surface area contributed by atoms with Crippen molar-refractivity contribution in [2.24, 2.45) is 0 Å². The van der Waals surface area contributed by atoms with Crippen molar-refractivity contribution in [3.05, 3.63) is 29.3 Å². The summed E-state index contributed by atoms with van der Waals surface area (Å²) < 4.78 is 0. The molecule has 0 spiro atoms. The van der Waals surface area contributed by atoms with E-state index in [-0.39, 0.29) is 0 Å². The molecule has 2 rings (SSSR count). The van der Waals surface area contributed by atoms with E-state index in [1.165, 1.54) is 0 Å². The van der Waals surface area contributed by atoms with Crippen molar-refractivity contribution in [1.82, 2.24) is 15.0 Å². The second-order valence-electron chi connectivity index (χ2n) is 3.93. The zero-order valence-electron chi connectivity index (χ0n) is 10.5. The first kappa shape index (κ1) is 12.6. The SMILES string of the molecule is CNc1nc(-c2ccc(Cl)cc2)nc(N(C)C)n1. The van der Waals surface area contributed by atoms with E-state index in [1.807, 2.05) is 43.3 Å². The monoisotopic (exact) mass is 263 g/mol. The number of nitrogens with one attached hydrogen (secondary N) is 1. The van der Waals surface area contributed by atoms with Crippen LogP contribution in [0.25, 0.3) is 11.4 Å². The van der Waals surface area contributed by atoms with Gasteiger partial charge in [0.15, 0.2) is 5.82 Å². The standard InChI is InChI=1S/C12H14ClN5/c1-14-11-15-10(16-12(17-11)18(2)3)8-4-6-9(13)7-5-8/h4-7H,1-3H3,(H,14,15,16,17). The van der Waals surface area contributed by atoms with Gasteiger partial charge >= 0.3 is 0 Å². The van der Waals surface area contributed by atoms with Crippen LogP contribution in [0.2, 0.25) is 5.02 Å². The molecule has 6 heteroatoms. The number of nitrogens with zero attached hydrogens (tertiary/aromatic N) is 4. The van der Waals surface area contributed by atoms with Crippen molar-refractivity contribution in [3.8, 4) is 11.4 Å². The van der Waals surface area contributed by atoms with Gasteiger partial charge in [0.05, 0.1) is 0 Å². The van der Waals surface area contributed by atoms with Gasteiger partial charge in [0.1, 0.15) is 0 Å². The molecule has 0 aliphatic heterocycles. The van der Waals surface area contributed by atoms with Crippen LogP contribution in [0.4, 0.5) is 11.9 Å². The number of rotatable bonds is 3. The summed E-state index contributed by atoms with van der Waals surface area (Å²) in [6.07, 6.45) is 0. The molecule has 0 unspecified atom stereocenters. The van der Waals surface area contributed by atoms with Gasteiger partial charge in [-0.3, -0.25) is 0 Å². The summed E-state index contributed by atoms with van der Waals surface area (Å²) in [5.41, 5.74) is 0.904. The maximum absolute atomic E-state index is 5.87. The van der Waals surface area contributed by atoms with Gasteiger partial charge in [0.25, 0.3) is 0 Å². The van der Waals surface area contributed by atoms with E-state index in [2.05, 4.69) is 20.3 Å².